The highest BCUT2D eigenvalue weighted by Gasteiger charge is 2.14. The van der Waals surface area contributed by atoms with Crippen molar-refractivity contribution in [1.29, 1.82) is 0 Å². The Morgan fingerprint density at radius 1 is 1.77 bits per heavy atom. The van der Waals surface area contributed by atoms with Gasteiger partial charge in [-0.1, -0.05) is 12.7 Å². The second-order valence-corrected chi connectivity index (χ2v) is 2.27. The summed E-state index contributed by atoms with van der Waals surface area (Å²) in [4.78, 5) is 14.5. The van der Waals surface area contributed by atoms with Crippen LogP contribution in [-0.2, 0) is 4.79 Å². The van der Waals surface area contributed by atoms with Crippen LogP contribution < -0.4 is 5.84 Å². The number of hydrogen-bond acceptors (Lipinski definition) is 4. The topological polar surface area (TPSA) is 78.9 Å². The Labute approximate surface area is 75.1 Å². The number of carboxylic acids is 1. The smallest absolute Gasteiger partial charge is 0.339 e. The van der Waals surface area contributed by atoms with Gasteiger partial charge in [-0.3, -0.25) is 5.01 Å². The van der Waals surface area contributed by atoms with E-state index in [1.54, 1.807) is 6.08 Å². The summed E-state index contributed by atoms with van der Waals surface area (Å²) in [5, 5.41) is 9.86. The summed E-state index contributed by atoms with van der Waals surface area (Å²) in [6, 6.07) is 0. The molecule has 5 nitrogen and oxygen atoms in total. The molecule has 13 heavy (non-hydrogen) atoms. The normalized spacial score (nSPS) is 18.7. The molecule has 0 radical (unpaired) electrons. The van der Waals surface area contributed by atoms with Crippen molar-refractivity contribution < 1.29 is 9.90 Å². The molecule has 1 rings (SSSR count). The molecular formula is C8H9N3O2. The molecule has 1 aliphatic rings. The molecule has 0 amide bonds. The van der Waals surface area contributed by atoms with Gasteiger partial charge in [-0.2, -0.15) is 0 Å². The van der Waals surface area contributed by atoms with E-state index < -0.39 is 5.97 Å². The van der Waals surface area contributed by atoms with Crippen molar-refractivity contribution in [2.24, 2.45) is 10.8 Å². The second kappa shape index (κ2) is 3.68. The molecule has 1 aliphatic heterocycles. The van der Waals surface area contributed by atoms with Gasteiger partial charge in [0, 0.05) is 12.4 Å². The lowest BCUT2D eigenvalue weighted by Crippen LogP contribution is -2.27. The van der Waals surface area contributed by atoms with Crippen LogP contribution in [0.5, 0.6) is 0 Å². The SMILES string of the molecule is C=C/C(C(=O)O)=C1/N=CC=CN1N. The predicted octanol–water partition coefficient (Wildman–Crippen LogP) is 0.242. The third-order valence-electron chi connectivity index (χ3n) is 1.45. The van der Waals surface area contributed by atoms with Gasteiger partial charge in [0.2, 0.25) is 0 Å². The molecule has 0 spiro atoms. The van der Waals surface area contributed by atoms with Crippen LogP contribution >= 0.6 is 0 Å². The molecule has 0 bridgehead atoms. The highest BCUT2D eigenvalue weighted by atomic mass is 16.4. The minimum atomic E-state index is -1.10. The van der Waals surface area contributed by atoms with Gasteiger partial charge in [0.25, 0.3) is 0 Å². The fourth-order valence-electron chi connectivity index (χ4n) is 0.865. The van der Waals surface area contributed by atoms with E-state index in [1.807, 2.05) is 0 Å². The first kappa shape index (κ1) is 9.21. The number of aliphatic imine (C=N–C) groups is 1. The maximum atomic E-state index is 10.7. The van der Waals surface area contributed by atoms with Crippen molar-refractivity contribution >= 4 is 12.2 Å². The van der Waals surface area contributed by atoms with Gasteiger partial charge >= 0.3 is 5.97 Å². The molecule has 1 heterocycles. The Balaban J connectivity index is 3.14. The van der Waals surface area contributed by atoms with Gasteiger partial charge in [-0.25, -0.2) is 15.6 Å². The Bertz CT molecular complexity index is 328. The first-order valence-electron chi connectivity index (χ1n) is 3.51. The Hall–Kier alpha value is -1.88. The van der Waals surface area contributed by atoms with E-state index in [2.05, 4.69) is 11.6 Å². The number of carbonyl (C=O) groups is 1. The quantitative estimate of drug-likeness (QED) is 0.470. The zero-order valence-electron chi connectivity index (χ0n) is 6.84. The molecule has 0 aliphatic carbocycles. The van der Waals surface area contributed by atoms with E-state index in [0.29, 0.717) is 0 Å². The molecule has 3 N–H and O–H groups in total. The average Bonchev–Trinajstić information content (AvgIpc) is 2.09. The first-order chi connectivity index (χ1) is 6.16. The van der Waals surface area contributed by atoms with E-state index in [9.17, 15) is 4.79 Å². The highest BCUT2D eigenvalue weighted by molar-refractivity contribution is 5.91. The van der Waals surface area contributed by atoms with E-state index in [-0.39, 0.29) is 11.4 Å². The highest BCUT2D eigenvalue weighted by Crippen LogP contribution is 2.12. The van der Waals surface area contributed by atoms with Crippen LogP contribution in [0.25, 0.3) is 0 Å². The maximum Gasteiger partial charge on any atom is 0.339 e. The molecule has 68 valence electrons. The predicted molar refractivity (Wildman–Crippen MR) is 48.5 cm³/mol. The lowest BCUT2D eigenvalue weighted by atomic mass is 10.2. The van der Waals surface area contributed by atoms with Crippen LogP contribution in [-0.4, -0.2) is 22.3 Å². The zero-order chi connectivity index (χ0) is 9.84. The largest absolute Gasteiger partial charge is 0.478 e. The van der Waals surface area contributed by atoms with E-state index >= 15 is 0 Å². The van der Waals surface area contributed by atoms with Gasteiger partial charge in [0.1, 0.15) is 5.57 Å². The van der Waals surface area contributed by atoms with Crippen LogP contribution in [0.15, 0.2) is 41.3 Å². The number of carboxylic acid groups (broad SMARTS) is 1. The Morgan fingerprint density at radius 2 is 2.46 bits per heavy atom. The van der Waals surface area contributed by atoms with Crippen LogP contribution in [0.3, 0.4) is 0 Å². The molecule has 0 atom stereocenters. The zero-order valence-corrected chi connectivity index (χ0v) is 6.84. The number of hydrazine groups is 1. The van der Waals surface area contributed by atoms with Crippen molar-refractivity contribution in [2.75, 3.05) is 0 Å². The summed E-state index contributed by atoms with van der Waals surface area (Å²) in [5.74, 6) is 4.52. The first-order valence-corrected chi connectivity index (χ1v) is 3.51. The Morgan fingerprint density at radius 3 is 2.92 bits per heavy atom. The lowest BCUT2D eigenvalue weighted by Gasteiger charge is -2.17. The number of nitrogens with zero attached hydrogens (tertiary/aromatic N) is 2. The van der Waals surface area contributed by atoms with Crippen molar-refractivity contribution in [2.45, 2.75) is 0 Å². The fraction of sp³-hybridized carbons (Fsp3) is 0. The lowest BCUT2D eigenvalue weighted by molar-refractivity contribution is -0.132. The Kier molecular flexibility index (Phi) is 2.61. The van der Waals surface area contributed by atoms with Crippen LogP contribution in [0.1, 0.15) is 0 Å². The third kappa shape index (κ3) is 1.83. The van der Waals surface area contributed by atoms with Crippen molar-refractivity contribution in [3.8, 4) is 0 Å². The molecule has 0 saturated heterocycles. The fourth-order valence-corrected chi connectivity index (χ4v) is 0.865. The van der Waals surface area contributed by atoms with Crippen molar-refractivity contribution in [1.82, 2.24) is 5.01 Å². The van der Waals surface area contributed by atoms with E-state index in [1.165, 1.54) is 18.5 Å². The molecular weight excluding hydrogens is 170 g/mol. The van der Waals surface area contributed by atoms with Gasteiger partial charge in [0.15, 0.2) is 5.82 Å². The van der Waals surface area contributed by atoms with Gasteiger partial charge in [-0.05, 0) is 6.08 Å². The average molecular weight is 179 g/mol. The minimum Gasteiger partial charge on any atom is -0.478 e. The molecule has 5 heteroatoms. The molecule has 0 aromatic carbocycles. The van der Waals surface area contributed by atoms with Crippen molar-refractivity contribution in [3.05, 3.63) is 36.3 Å². The summed E-state index contributed by atoms with van der Waals surface area (Å²) in [7, 11) is 0. The molecule has 0 unspecified atom stereocenters. The van der Waals surface area contributed by atoms with Gasteiger partial charge in [-0.15, -0.1) is 0 Å². The van der Waals surface area contributed by atoms with Crippen molar-refractivity contribution in [3.63, 3.8) is 0 Å². The van der Waals surface area contributed by atoms with E-state index in [4.69, 9.17) is 10.9 Å². The summed E-state index contributed by atoms with van der Waals surface area (Å²) in [5.41, 5.74) is -0.0249. The molecule has 0 aromatic rings. The van der Waals surface area contributed by atoms with Crippen LogP contribution in [0, 0.1) is 0 Å². The summed E-state index contributed by atoms with van der Waals surface area (Å²) >= 11 is 0. The minimum absolute atomic E-state index is 0.0249. The maximum absolute atomic E-state index is 10.7. The monoisotopic (exact) mass is 179 g/mol. The summed E-state index contributed by atoms with van der Waals surface area (Å²) in [6.45, 7) is 3.37. The van der Waals surface area contributed by atoms with Crippen LogP contribution in [0.2, 0.25) is 0 Å². The number of aliphatic carboxylic acids is 1. The standard InChI is InChI=1S/C8H9N3O2/c1-2-6(8(12)13)7-10-4-3-5-11(7)9/h2-5H,1,9H2,(H,12,13)/b7-6+. The van der Waals surface area contributed by atoms with Gasteiger partial charge in [0.05, 0.1) is 0 Å². The van der Waals surface area contributed by atoms with Gasteiger partial charge < -0.3 is 5.11 Å². The van der Waals surface area contributed by atoms with E-state index in [0.717, 1.165) is 5.01 Å². The third-order valence-corrected chi connectivity index (χ3v) is 1.45. The molecule has 0 saturated carbocycles. The molecule has 0 aromatic heterocycles. The molecule has 0 fully saturated rings. The number of nitrogens with two attached hydrogens (primary N) is 1. The number of rotatable bonds is 2. The van der Waals surface area contributed by atoms with Crippen LogP contribution in [0.4, 0.5) is 0 Å². The summed E-state index contributed by atoms with van der Waals surface area (Å²) < 4.78 is 0. The summed E-state index contributed by atoms with van der Waals surface area (Å²) in [6.07, 6.45) is 5.78. The number of hydrogen-bond donors (Lipinski definition) is 2. The second-order valence-electron chi connectivity index (χ2n) is 2.27. The number of allylic oxidation sites excluding steroid dienone is 1.